The number of fused-ring (bicyclic) bond motifs is 1. The zero-order valence-corrected chi connectivity index (χ0v) is 12.1. The Bertz CT molecular complexity index is 568. The molecule has 3 rings (SSSR count). The standard InChI is InChI=1S/C16H20N2O3/c1-10-8-12-4-2-3-5-14(12)18(10)16(21)17-13(9-15(19)20)11-6-7-11/h2-5,10-11,13H,6-9H2,1H3,(H,17,21)(H,19,20). The van der Waals surface area contributed by atoms with E-state index in [2.05, 4.69) is 5.32 Å². The van der Waals surface area contributed by atoms with Crippen molar-refractivity contribution in [3.63, 3.8) is 0 Å². The molecule has 0 aromatic heterocycles. The minimum absolute atomic E-state index is 0.000272. The first-order valence-corrected chi connectivity index (χ1v) is 7.45. The van der Waals surface area contributed by atoms with Crippen LogP contribution in [0.25, 0.3) is 0 Å². The van der Waals surface area contributed by atoms with Gasteiger partial charge >= 0.3 is 12.0 Å². The van der Waals surface area contributed by atoms with Crippen molar-refractivity contribution >= 4 is 17.7 Å². The first kappa shape index (κ1) is 13.9. The number of rotatable bonds is 4. The van der Waals surface area contributed by atoms with Crippen LogP contribution in [0.2, 0.25) is 0 Å². The first-order chi connectivity index (χ1) is 10.1. The van der Waals surface area contributed by atoms with E-state index >= 15 is 0 Å². The van der Waals surface area contributed by atoms with Crippen LogP contribution in [0.1, 0.15) is 31.7 Å². The number of urea groups is 1. The Labute approximate surface area is 123 Å². The number of carboxylic acids is 1. The average molecular weight is 288 g/mol. The molecule has 0 saturated heterocycles. The normalized spacial score (nSPS) is 21.8. The monoisotopic (exact) mass is 288 g/mol. The number of nitrogens with zero attached hydrogens (tertiary/aromatic N) is 1. The molecule has 1 aliphatic carbocycles. The second-order valence-corrected chi connectivity index (χ2v) is 6.04. The van der Waals surface area contributed by atoms with Crippen molar-refractivity contribution in [1.82, 2.24) is 5.32 Å². The number of hydrogen-bond acceptors (Lipinski definition) is 2. The van der Waals surface area contributed by atoms with E-state index in [1.54, 1.807) is 4.90 Å². The Balaban J connectivity index is 1.74. The Morgan fingerprint density at radius 2 is 2.10 bits per heavy atom. The van der Waals surface area contributed by atoms with Crippen molar-refractivity contribution in [2.24, 2.45) is 5.92 Å². The molecule has 5 nitrogen and oxygen atoms in total. The van der Waals surface area contributed by atoms with E-state index in [1.807, 2.05) is 31.2 Å². The molecule has 2 N–H and O–H groups in total. The van der Waals surface area contributed by atoms with Gasteiger partial charge in [0.1, 0.15) is 0 Å². The minimum atomic E-state index is -0.859. The molecule has 0 bridgehead atoms. The summed E-state index contributed by atoms with van der Waals surface area (Å²) in [5, 5.41) is 11.9. The van der Waals surface area contributed by atoms with Gasteiger partial charge < -0.3 is 10.4 Å². The SMILES string of the molecule is CC1Cc2ccccc2N1C(=O)NC(CC(=O)O)C1CC1. The van der Waals surface area contributed by atoms with E-state index in [9.17, 15) is 9.59 Å². The Kier molecular flexibility index (Phi) is 3.57. The van der Waals surface area contributed by atoms with Gasteiger partial charge in [-0.3, -0.25) is 9.69 Å². The summed E-state index contributed by atoms with van der Waals surface area (Å²) in [6.45, 7) is 2.02. The third kappa shape index (κ3) is 2.86. The quantitative estimate of drug-likeness (QED) is 0.893. The summed E-state index contributed by atoms with van der Waals surface area (Å²) in [7, 11) is 0. The van der Waals surface area contributed by atoms with Crippen LogP contribution in [0.3, 0.4) is 0 Å². The summed E-state index contributed by atoms with van der Waals surface area (Å²) >= 11 is 0. The number of anilines is 1. The number of nitrogens with one attached hydrogen (secondary N) is 1. The maximum atomic E-state index is 12.6. The fourth-order valence-corrected chi connectivity index (χ4v) is 3.13. The third-order valence-corrected chi connectivity index (χ3v) is 4.32. The van der Waals surface area contributed by atoms with E-state index in [4.69, 9.17) is 5.11 Å². The average Bonchev–Trinajstić information content (AvgIpc) is 3.19. The summed E-state index contributed by atoms with van der Waals surface area (Å²) in [5.41, 5.74) is 2.11. The fraction of sp³-hybridized carbons (Fsp3) is 0.500. The highest BCUT2D eigenvalue weighted by atomic mass is 16.4. The number of carbonyl (C=O) groups is 2. The second kappa shape index (κ2) is 5.39. The summed E-state index contributed by atoms with van der Waals surface area (Å²) in [6.07, 6.45) is 2.85. The molecule has 1 fully saturated rings. The predicted molar refractivity (Wildman–Crippen MR) is 79.4 cm³/mol. The van der Waals surface area contributed by atoms with Gasteiger partial charge in [0, 0.05) is 17.8 Å². The lowest BCUT2D eigenvalue weighted by molar-refractivity contribution is -0.137. The lowest BCUT2D eigenvalue weighted by Gasteiger charge is -2.26. The van der Waals surface area contributed by atoms with Crippen molar-refractivity contribution in [3.8, 4) is 0 Å². The number of para-hydroxylation sites is 1. The van der Waals surface area contributed by atoms with Gasteiger partial charge in [-0.05, 0) is 43.7 Å². The fourth-order valence-electron chi connectivity index (χ4n) is 3.13. The van der Waals surface area contributed by atoms with E-state index in [0.29, 0.717) is 5.92 Å². The molecule has 1 aromatic carbocycles. The molecular formula is C16H20N2O3. The van der Waals surface area contributed by atoms with Crippen LogP contribution in [0.5, 0.6) is 0 Å². The molecule has 2 atom stereocenters. The van der Waals surface area contributed by atoms with Crippen LogP contribution in [0.4, 0.5) is 10.5 Å². The first-order valence-electron chi connectivity index (χ1n) is 7.45. The molecule has 2 amide bonds. The molecule has 1 saturated carbocycles. The van der Waals surface area contributed by atoms with Crippen molar-refractivity contribution in [1.29, 1.82) is 0 Å². The molecular weight excluding hydrogens is 268 g/mol. The molecule has 1 heterocycles. The summed E-state index contributed by atoms with van der Waals surface area (Å²) in [5.74, 6) is -0.541. The smallest absolute Gasteiger partial charge is 0.322 e. The highest BCUT2D eigenvalue weighted by molar-refractivity contribution is 5.95. The number of carboxylic acid groups (broad SMARTS) is 1. The van der Waals surface area contributed by atoms with Crippen LogP contribution < -0.4 is 10.2 Å². The highest BCUT2D eigenvalue weighted by Gasteiger charge is 2.37. The molecule has 21 heavy (non-hydrogen) atoms. The van der Waals surface area contributed by atoms with Crippen molar-refractivity contribution in [3.05, 3.63) is 29.8 Å². The minimum Gasteiger partial charge on any atom is -0.481 e. The molecule has 2 unspecified atom stereocenters. The lowest BCUT2D eigenvalue weighted by atomic mass is 10.1. The van der Waals surface area contributed by atoms with Gasteiger partial charge in [-0.1, -0.05) is 18.2 Å². The topological polar surface area (TPSA) is 69.6 Å². The van der Waals surface area contributed by atoms with Gasteiger partial charge in [0.2, 0.25) is 0 Å². The summed E-state index contributed by atoms with van der Waals surface area (Å²) < 4.78 is 0. The van der Waals surface area contributed by atoms with Crippen LogP contribution in [0.15, 0.2) is 24.3 Å². The maximum absolute atomic E-state index is 12.6. The van der Waals surface area contributed by atoms with Crippen LogP contribution in [0, 0.1) is 5.92 Å². The van der Waals surface area contributed by atoms with Gasteiger partial charge in [0.15, 0.2) is 0 Å². The van der Waals surface area contributed by atoms with Gasteiger partial charge in [-0.25, -0.2) is 4.79 Å². The molecule has 1 aliphatic heterocycles. The summed E-state index contributed by atoms with van der Waals surface area (Å²) in [4.78, 5) is 25.3. The van der Waals surface area contributed by atoms with E-state index < -0.39 is 5.97 Å². The second-order valence-electron chi connectivity index (χ2n) is 6.04. The van der Waals surface area contributed by atoms with Gasteiger partial charge in [-0.2, -0.15) is 0 Å². The number of carbonyl (C=O) groups excluding carboxylic acids is 1. The molecule has 0 spiro atoms. The van der Waals surface area contributed by atoms with Gasteiger partial charge in [0.25, 0.3) is 0 Å². The zero-order valence-electron chi connectivity index (χ0n) is 12.1. The van der Waals surface area contributed by atoms with Crippen molar-refractivity contribution in [2.75, 3.05) is 4.90 Å². The zero-order chi connectivity index (χ0) is 15.0. The highest BCUT2D eigenvalue weighted by Crippen LogP contribution is 2.35. The third-order valence-electron chi connectivity index (χ3n) is 4.32. The number of amides is 2. The Morgan fingerprint density at radius 3 is 2.76 bits per heavy atom. The van der Waals surface area contributed by atoms with Crippen LogP contribution >= 0.6 is 0 Å². The predicted octanol–water partition coefficient (Wildman–Crippen LogP) is 2.40. The molecule has 0 radical (unpaired) electrons. The van der Waals surface area contributed by atoms with E-state index in [-0.39, 0.29) is 24.5 Å². The van der Waals surface area contributed by atoms with Crippen LogP contribution in [-0.4, -0.2) is 29.2 Å². The molecule has 5 heteroatoms. The Hall–Kier alpha value is -2.04. The number of hydrogen-bond donors (Lipinski definition) is 2. The van der Waals surface area contributed by atoms with E-state index in [1.165, 1.54) is 5.56 Å². The van der Waals surface area contributed by atoms with Gasteiger partial charge in [0.05, 0.1) is 6.42 Å². The number of benzene rings is 1. The Morgan fingerprint density at radius 1 is 1.38 bits per heavy atom. The largest absolute Gasteiger partial charge is 0.481 e. The molecule has 2 aliphatic rings. The van der Waals surface area contributed by atoms with E-state index in [0.717, 1.165) is 24.9 Å². The van der Waals surface area contributed by atoms with Crippen LogP contribution in [-0.2, 0) is 11.2 Å². The summed E-state index contributed by atoms with van der Waals surface area (Å²) in [6, 6.07) is 7.56. The van der Waals surface area contributed by atoms with Crippen molar-refractivity contribution < 1.29 is 14.7 Å². The lowest BCUT2D eigenvalue weighted by Crippen LogP contribution is -2.48. The molecule has 112 valence electrons. The number of aliphatic carboxylic acids is 1. The molecule has 1 aromatic rings. The van der Waals surface area contributed by atoms with Crippen molar-refractivity contribution in [2.45, 2.75) is 44.7 Å². The maximum Gasteiger partial charge on any atom is 0.322 e. The van der Waals surface area contributed by atoms with Gasteiger partial charge in [-0.15, -0.1) is 0 Å².